The molecule has 0 unspecified atom stereocenters. The molecule has 0 radical (unpaired) electrons. The highest BCUT2D eigenvalue weighted by Gasteiger charge is 2.24. The minimum Gasteiger partial charge on any atom is -0.348 e. The molecule has 3 rings (SSSR count). The molecule has 1 aliphatic heterocycles. The molecular weight excluding hydrogens is 352 g/mol. The van der Waals surface area contributed by atoms with Gasteiger partial charge in [0.1, 0.15) is 0 Å². The van der Waals surface area contributed by atoms with Gasteiger partial charge in [0.25, 0.3) is 5.91 Å². The second-order valence-electron chi connectivity index (χ2n) is 7.99. The Morgan fingerprint density at radius 1 is 1.22 bits per heavy atom. The number of piperidine rings is 1. The van der Waals surface area contributed by atoms with Crippen molar-refractivity contribution in [3.8, 4) is 0 Å². The maximum atomic E-state index is 13.3. The zero-order valence-corrected chi connectivity index (χ0v) is 15.9. The summed E-state index contributed by atoms with van der Waals surface area (Å²) in [6.45, 7) is 8.10. The number of carbonyl (C=O) groups excluding carboxylic acids is 1. The van der Waals surface area contributed by atoms with Crippen molar-refractivity contribution in [2.45, 2.75) is 51.7 Å². The Bertz CT molecular complexity index is 807. The fourth-order valence-corrected chi connectivity index (χ4v) is 3.09. The van der Waals surface area contributed by atoms with Gasteiger partial charge in [-0.3, -0.25) is 9.69 Å². The first kappa shape index (κ1) is 19.4. The molecule has 2 aromatic rings. The minimum absolute atomic E-state index is 0.0680. The van der Waals surface area contributed by atoms with E-state index in [1.165, 1.54) is 6.07 Å². The summed E-state index contributed by atoms with van der Waals surface area (Å²) in [7, 11) is 0. The van der Waals surface area contributed by atoms with E-state index in [0.717, 1.165) is 37.6 Å². The number of carbonyl (C=O) groups is 1. The quantitative estimate of drug-likeness (QED) is 0.890. The van der Waals surface area contributed by atoms with Crippen molar-refractivity contribution in [1.29, 1.82) is 0 Å². The third-order valence-corrected chi connectivity index (χ3v) is 4.73. The van der Waals surface area contributed by atoms with E-state index in [-0.39, 0.29) is 17.5 Å². The van der Waals surface area contributed by atoms with Crippen LogP contribution in [0.3, 0.4) is 0 Å². The molecule has 0 spiro atoms. The minimum atomic E-state index is -0.830. The van der Waals surface area contributed by atoms with Gasteiger partial charge in [-0.2, -0.15) is 0 Å². The summed E-state index contributed by atoms with van der Waals surface area (Å²) in [4.78, 5) is 14.5. The number of amides is 1. The summed E-state index contributed by atoms with van der Waals surface area (Å²) in [5.41, 5.74) is 0.834. The molecule has 1 fully saturated rings. The fraction of sp³-hybridized carbons (Fsp3) is 0.526. The van der Waals surface area contributed by atoms with Crippen molar-refractivity contribution in [1.82, 2.24) is 25.2 Å². The topological polar surface area (TPSA) is 63.1 Å². The van der Waals surface area contributed by atoms with Gasteiger partial charge >= 0.3 is 0 Å². The van der Waals surface area contributed by atoms with E-state index in [4.69, 9.17) is 0 Å². The highest BCUT2D eigenvalue weighted by atomic mass is 19.2. The molecule has 27 heavy (non-hydrogen) atoms. The number of likely N-dealkylation sites (tertiary alicyclic amines) is 1. The second-order valence-corrected chi connectivity index (χ2v) is 7.99. The molecule has 0 bridgehead atoms. The first-order valence-electron chi connectivity index (χ1n) is 9.12. The summed E-state index contributed by atoms with van der Waals surface area (Å²) in [6, 6.07) is 4.06. The highest BCUT2D eigenvalue weighted by molar-refractivity contribution is 5.92. The normalized spacial score (nSPS) is 16.5. The molecule has 0 atom stereocenters. The smallest absolute Gasteiger partial charge is 0.273 e. The lowest BCUT2D eigenvalue weighted by molar-refractivity contribution is 0.0903. The van der Waals surface area contributed by atoms with Crippen LogP contribution < -0.4 is 5.32 Å². The van der Waals surface area contributed by atoms with Crippen LogP contribution in [0.2, 0.25) is 0 Å². The van der Waals surface area contributed by atoms with Gasteiger partial charge < -0.3 is 5.32 Å². The van der Waals surface area contributed by atoms with Crippen LogP contribution in [0, 0.1) is 11.6 Å². The predicted molar refractivity (Wildman–Crippen MR) is 97.1 cm³/mol. The van der Waals surface area contributed by atoms with Crippen LogP contribution in [0.4, 0.5) is 8.78 Å². The molecule has 8 heteroatoms. The van der Waals surface area contributed by atoms with Crippen molar-refractivity contribution in [2.75, 3.05) is 13.1 Å². The Morgan fingerprint density at radius 3 is 2.52 bits per heavy atom. The Kier molecular flexibility index (Phi) is 5.55. The zero-order valence-electron chi connectivity index (χ0n) is 15.9. The van der Waals surface area contributed by atoms with Crippen molar-refractivity contribution < 1.29 is 13.6 Å². The number of rotatable bonds is 4. The van der Waals surface area contributed by atoms with Crippen molar-refractivity contribution in [2.24, 2.45) is 0 Å². The van der Waals surface area contributed by atoms with Crippen molar-refractivity contribution in [3.05, 3.63) is 47.3 Å². The van der Waals surface area contributed by atoms with Gasteiger partial charge in [0.2, 0.25) is 0 Å². The number of hydrogen-bond donors (Lipinski definition) is 1. The van der Waals surface area contributed by atoms with Crippen molar-refractivity contribution >= 4 is 5.91 Å². The van der Waals surface area contributed by atoms with Crippen LogP contribution in [-0.2, 0) is 12.1 Å². The largest absolute Gasteiger partial charge is 0.348 e. The van der Waals surface area contributed by atoms with Crippen LogP contribution in [0.1, 0.15) is 49.7 Å². The lowest BCUT2D eigenvalue weighted by atomic mass is 10.0. The van der Waals surface area contributed by atoms with Crippen LogP contribution in [0.15, 0.2) is 24.4 Å². The molecule has 0 saturated carbocycles. The highest BCUT2D eigenvalue weighted by Crippen LogP contribution is 2.17. The Balaban J connectivity index is 1.49. The number of aromatic nitrogens is 3. The van der Waals surface area contributed by atoms with Crippen LogP contribution in [0.25, 0.3) is 0 Å². The van der Waals surface area contributed by atoms with Gasteiger partial charge in [0.05, 0.1) is 11.7 Å². The lowest BCUT2D eigenvalue weighted by Gasteiger charge is -2.32. The zero-order chi connectivity index (χ0) is 19.6. The first-order valence-corrected chi connectivity index (χ1v) is 9.12. The summed E-state index contributed by atoms with van der Waals surface area (Å²) in [5, 5.41) is 11.0. The maximum absolute atomic E-state index is 13.3. The SMILES string of the molecule is CC(C)(C)n1cc(C(=O)NC2CCN(Cc3ccc(F)c(F)c3)CC2)nn1. The third-order valence-electron chi connectivity index (χ3n) is 4.73. The third kappa shape index (κ3) is 4.88. The van der Waals surface area contributed by atoms with Gasteiger partial charge in [0.15, 0.2) is 17.3 Å². The summed E-state index contributed by atoms with van der Waals surface area (Å²) < 4.78 is 28.0. The average Bonchev–Trinajstić information content (AvgIpc) is 3.10. The molecule has 1 aromatic carbocycles. The lowest BCUT2D eigenvalue weighted by Crippen LogP contribution is -2.44. The van der Waals surface area contributed by atoms with Crippen LogP contribution >= 0.6 is 0 Å². The molecule has 1 saturated heterocycles. The monoisotopic (exact) mass is 377 g/mol. The Labute approximate surface area is 157 Å². The van der Waals surface area contributed by atoms with E-state index in [0.29, 0.717) is 12.2 Å². The van der Waals surface area contributed by atoms with E-state index in [9.17, 15) is 13.6 Å². The van der Waals surface area contributed by atoms with E-state index < -0.39 is 11.6 Å². The predicted octanol–water partition coefficient (Wildman–Crippen LogP) is 2.71. The molecular formula is C19H25F2N5O. The molecule has 0 aliphatic carbocycles. The molecule has 146 valence electrons. The van der Waals surface area contributed by atoms with Crippen molar-refractivity contribution in [3.63, 3.8) is 0 Å². The Morgan fingerprint density at radius 2 is 1.93 bits per heavy atom. The number of benzene rings is 1. The second kappa shape index (κ2) is 7.72. The molecule has 1 amide bonds. The number of nitrogens with zero attached hydrogens (tertiary/aromatic N) is 4. The fourth-order valence-electron chi connectivity index (χ4n) is 3.09. The molecule has 1 aromatic heterocycles. The van der Waals surface area contributed by atoms with Crippen LogP contribution in [0.5, 0.6) is 0 Å². The van der Waals surface area contributed by atoms with Gasteiger partial charge in [-0.1, -0.05) is 11.3 Å². The summed E-state index contributed by atoms with van der Waals surface area (Å²) in [6.07, 6.45) is 3.25. The molecule has 1 N–H and O–H groups in total. The standard InChI is InChI=1S/C19H25F2N5O/c1-19(2,3)26-12-17(23-24-26)18(27)22-14-6-8-25(9-7-14)11-13-4-5-15(20)16(21)10-13/h4-5,10,12,14H,6-9,11H2,1-3H3,(H,22,27). The van der Waals surface area contributed by atoms with E-state index in [1.807, 2.05) is 20.8 Å². The molecule has 1 aliphatic rings. The Hall–Kier alpha value is -2.35. The molecule has 2 heterocycles. The van der Waals surface area contributed by atoms with Gasteiger partial charge in [-0.05, 0) is 51.3 Å². The van der Waals surface area contributed by atoms with Gasteiger partial charge in [0, 0.05) is 25.7 Å². The number of halogens is 2. The maximum Gasteiger partial charge on any atom is 0.273 e. The van der Waals surface area contributed by atoms with E-state index >= 15 is 0 Å². The summed E-state index contributed by atoms with van der Waals surface area (Å²) in [5.74, 6) is -1.87. The van der Waals surface area contributed by atoms with Gasteiger partial charge in [-0.15, -0.1) is 5.10 Å². The number of hydrogen-bond acceptors (Lipinski definition) is 4. The van der Waals surface area contributed by atoms with E-state index in [2.05, 4.69) is 20.5 Å². The summed E-state index contributed by atoms with van der Waals surface area (Å²) >= 11 is 0. The van der Waals surface area contributed by atoms with Gasteiger partial charge in [-0.25, -0.2) is 13.5 Å². The molecule has 6 nitrogen and oxygen atoms in total. The number of nitrogens with one attached hydrogen (secondary N) is 1. The van der Waals surface area contributed by atoms with Crippen LogP contribution in [-0.4, -0.2) is 44.9 Å². The van der Waals surface area contributed by atoms with E-state index in [1.54, 1.807) is 16.9 Å². The first-order chi connectivity index (χ1) is 12.7. The average molecular weight is 377 g/mol.